The third-order valence-electron chi connectivity index (χ3n) is 3.07. The highest BCUT2D eigenvalue weighted by Gasteiger charge is 2.08. The van der Waals surface area contributed by atoms with Gasteiger partial charge in [0, 0.05) is 17.7 Å². The molecule has 0 saturated carbocycles. The molecule has 4 heteroatoms. The van der Waals surface area contributed by atoms with E-state index in [1.807, 2.05) is 24.3 Å². The summed E-state index contributed by atoms with van der Waals surface area (Å²) >= 11 is 0. The van der Waals surface area contributed by atoms with Gasteiger partial charge >= 0.3 is 0 Å². The molecule has 20 heavy (non-hydrogen) atoms. The molecule has 0 fully saturated rings. The number of halogens is 1. The molecule has 0 radical (unpaired) electrons. The molecule has 0 aliphatic heterocycles. The molecule has 0 aliphatic carbocycles. The lowest BCUT2D eigenvalue weighted by Crippen LogP contribution is -2.07. The lowest BCUT2D eigenvalue weighted by molar-refractivity contribution is 0.281. The Bertz CT molecular complexity index is 567. The molecule has 0 spiro atoms. The summed E-state index contributed by atoms with van der Waals surface area (Å²) in [6.45, 7) is 2.11. The number of benzene rings is 2. The van der Waals surface area contributed by atoms with Crippen molar-refractivity contribution in [1.82, 2.24) is 0 Å². The van der Waals surface area contributed by atoms with E-state index >= 15 is 0 Å². The van der Waals surface area contributed by atoms with E-state index in [-0.39, 0.29) is 18.5 Å². The van der Waals surface area contributed by atoms with E-state index in [0.29, 0.717) is 17.9 Å². The predicted molar refractivity (Wildman–Crippen MR) is 75.7 cm³/mol. The van der Waals surface area contributed by atoms with Crippen molar-refractivity contribution in [3.63, 3.8) is 0 Å². The van der Waals surface area contributed by atoms with Crippen LogP contribution in [0.3, 0.4) is 0 Å². The minimum Gasteiger partial charge on any atom is -0.489 e. The maximum absolute atomic E-state index is 13.7. The van der Waals surface area contributed by atoms with Crippen molar-refractivity contribution < 1.29 is 14.2 Å². The van der Waals surface area contributed by atoms with Gasteiger partial charge in [-0.25, -0.2) is 4.39 Å². The van der Waals surface area contributed by atoms with Crippen LogP contribution in [0.1, 0.15) is 29.7 Å². The average Bonchev–Trinajstić information content (AvgIpc) is 2.45. The molecule has 0 aromatic heterocycles. The normalized spacial score (nSPS) is 12.2. The van der Waals surface area contributed by atoms with Gasteiger partial charge in [0.2, 0.25) is 0 Å². The summed E-state index contributed by atoms with van der Waals surface area (Å²) in [7, 11) is 0. The van der Waals surface area contributed by atoms with Crippen LogP contribution < -0.4 is 10.5 Å². The van der Waals surface area contributed by atoms with Gasteiger partial charge in [0.05, 0.1) is 6.61 Å². The van der Waals surface area contributed by atoms with Crippen LogP contribution >= 0.6 is 0 Å². The topological polar surface area (TPSA) is 55.5 Å². The van der Waals surface area contributed by atoms with E-state index in [0.717, 1.165) is 11.1 Å². The Morgan fingerprint density at radius 2 is 1.80 bits per heavy atom. The van der Waals surface area contributed by atoms with Crippen LogP contribution in [0, 0.1) is 5.82 Å². The van der Waals surface area contributed by atoms with Crippen molar-refractivity contribution in [3.8, 4) is 5.75 Å². The van der Waals surface area contributed by atoms with Crippen LogP contribution in [0.15, 0.2) is 42.5 Å². The van der Waals surface area contributed by atoms with Gasteiger partial charge in [-0.1, -0.05) is 30.3 Å². The molecular formula is C16H18FNO2. The molecule has 0 unspecified atom stereocenters. The number of aliphatic hydroxyl groups excluding tert-OH is 1. The highest BCUT2D eigenvalue weighted by Crippen LogP contribution is 2.21. The zero-order valence-corrected chi connectivity index (χ0v) is 11.3. The summed E-state index contributed by atoms with van der Waals surface area (Å²) in [5.41, 5.74) is 7.94. The lowest BCUT2D eigenvalue weighted by Gasteiger charge is -2.10. The minimum absolute atomic E-state index is 0.0189. The lowest BCUT2D eigenvalue weighted by atomic mass is 10.1. The maximum atomic E-state index is 13.7. The van der Waals surface area contributed by atoms with Crippen molar-refractivity contribution >= 4 is 0 Å². The minimum atomic E-state index is -0.354. The number of rotatable bonds is 5. The Labute approximate surface area is 117 Å². The van der Waals surface area contributed by atoms with Gasteiger partial charge in [-0.05, 0) is 24.1 Å². The van der Waals surface area contributed by atoms with Gasteiger partial charge < -0.3 is 15.6 Å². The largest absolute Gasteiger partial charge is 0.489 e. The molecular weight excluding hydrogens is 257 g/mol. The molecule has 0 aliphatic rings. The third-order valence-corrected chi connectivity index (χ3v) is 3.07. The van der Waals surface area contributed by atoms with Crippen molar-refractivity contribution in [2.24, 2.45) is 5.73 Å². The smallest absolute Gasteiger partial charge is 0.131 e. The number of hydrogen-bond donors (Lipinski definition) is 2. The van der Waals surface area contributed by atoms with E-state index in [9.17, 15) is 4.39 Å². The Balaban J connectivity index is 2.01. The van der Waals surface area contributed by atoms with E-state index in [1.54, 1.807) is 19.1 Å². The van der Waals surface area contributed by atoms with Crippen molar-refractivity contribution in [2.45, 2.75) is 26.2 Å². The molecule has 2 aromatic carbocycles. The predicted octanol–water partition coefficient (Wildman–Crippen LogP) is 2.92. The fraction of sp³-hybridized carbons (Fsp3) is 0.250. The summed E-state index contributed by atoms with van der Waals surface area (Å²) in [5, 5.41) is 8.95. The van der Waals surface area contributed by atoms with E-state index in [4.69, 9.17) is 15.6 Å². The molecule has 0 heterocycles. The van der Waals surface area contributed by atoms with E-state index in [2.05, 4.69) is 0 Å². The van der Waals surface area contributed by atoms with Gasteiger partial charge in [0.1, 0.15) is 18.2 Å². The third kappa shape index (κ3) is 3.56. The van der Waals surface area contributed by atoms with Crippen LogP contribution in [0.25, 0.3) is 0 Å². The Hall–Kier alpha value is -1.91. The molecule has 0 amide bonds. The van der Waals surface area contributed by atoms with Gasteiger partial charge in [-0.3, -0.25) is 0 Å². The van der Waals surface area contributed by atoms with Crippen LogP contribution in [0.2, 0.25) is 0 Å². The molecule has 2 aromatic rings. The van der Waals surface area contributed by atoms with Gasteiger partial charge in [0.25, 0.3) is 0 Å². The molecule has 106 valence electrons. The van der Waals surface area contributed by atoms with Crippen LogP contribution in [0.4, 0.5) is 4.39 Å². The van der Waals surface area contributed by atoms with Gasteiger partial charge in [0.15, 0.2) is 0 Å². The Morgan fingerprint density at radius 1 is 1.15 bits per heavy atom. The van der Waals surface area contributed by atoms with Crippen LogP contribution in [0.5, 0.6) is 5.75 Å². The zero-order chi connectivity index (χ0) is 14.5. The second kappa shape index (κ2) is 6.50. The first-order chi connectivity index (χ1) is 9.60. The molecule has 1 atom stereocenters. The number of hydrogen-bond acceptors (Lipinski definition) is 3. The summed E-state index contributed by atoms with van der Waals surface area (Å²) in [6.07, 6.45) is 0. The molecule has 3 N–H and O–H groups in total. The monoisotopic (exact) mass is 275 g/mol. The summed E-state index contributed by atoms with van der Waals surface area (Å²) in [5.74, 6) is 0.117. The van der Waals surface area contributed by atoms with Gasteiger partial charge in [-0.2, -0.15) is 0 Å². The molecule has 2 rings (SSSR count). The second-order valence-electron chi connectivity index (χ2n) is 4.74. The van der Waals surface area contributed by atoms with Crippen LogP contribution in [-0.2, 0) is 13.2 Å². The number of ether oxygens (including phenoxy) is 1. The molecule has 0 saturated heterocycles. The van der Waals surface area contributed by atoms with Crippen LogP contribution in [-0.4, -0.2) is 5.11 Å². The van der Waals surface area contributed by atoms with Crippen molar-refractivity contribution in [1.29, 1.82) is 0 Å². The quantitative estimate of drug-likeness (QED) is 0.882. The summed E-state index contributed by atoms with van der Waals surface area (Å²) in [4.78, 5) is 0. The Morgan fingerprint density at radius 3 is 2.35 bits per heavy atom. The van der Waals surface area contributed by atoms with E-state index < -0.39 is 0 Å². The fourth-order valence-electron chi connectivity index (χ4n) is 1.87. The van der Waals surface area contributed by atoms with Crippen molar-refractivity contribution in [3.05, 3.63) is 65.0 Å². The first kappa shape index (κ1) is 14.5. The maximum Gasteiger partial charge on any atom is 0.131 e. The average molecular weight is 275 g/mol. The first-order valence-electron chi connectivity index (χ1n) is 6.46. The first-order valence-corrected chi connectivity index (χ1v) is 6.46. The summed E-state index contributed by atoms with van der Waals surface area (Å²) < 4.78 is 19.3. The highest BCUT2D eigenvalue weighted by molar-refractivity contribution is 5.31. The zero-order valence-electron chi connectivity index (χ0n) is 11.3. The SMILES string of the molecule is C[C@@H](N)c1ccc(OCc2ccc(CO)cc2)cc1F. The number of nitrogens with two attached hydrogens (primary N) is 1. The standard InChI is InChI=1S/C16H18FNO2/c1-11(18)15-7-6-14(8-16(15)17)20-10-13-4-2-12(9-19)3-5-13/h2-8,11,19H,9-10,18H2,1H3/t11-/m1/s1. The molecule has 0 bridgehead atoms. The Kier molecular flexibility index (Phi) is 4.71. The van der Waals surface area contributed by atoms with E-state index in [1.165, 1.54) is 6.07 Å². The summed E-state index contributed by atoms with van der Waals surface area (Å²) in [6, 6.07) is 11.8. The van der Waals surface area contributed by atoms with Gasteiger partial charge in [-0.15, -0.1) is 0 Å². The molecule has 3 nitrogen and oxygen atoms in total. The fourth-order valence-corrected chi connectivity index (χ4v) is 1.87. The van der Waals surface area contributed by atoms with Crippen molar-refractivity contribution in [2.75, 3.05) is 0 Å². The number of aliphatic hydroxyl groups is 1. The highest BCUT2D eigenvalue weighted by atomic mass is 19.1. The second-order valence-corrected chi connectivity index (χ2v) is 4.74.